The summed E-state index contributed by atoms with van der Waals surface area (Å²) < 4.78 is 0. The Bertz CT molecular complexity index is 717. The van der Waals surface area contributed by atoms with Gasteiger partial charge in [-0.3, -0.25) is 9.97 Å². The zero-order chi connectivity index (χ0) is 12.5. The van der Waals surface area contributed by atoms with E-state index in [2.05, 4.69) is 9.97 Å². The monoisotopic (exact) mass is 236 g/mol. The molecule has 0 saturated carbocycles. The van der Waals surface area contributed by atoms with Crippen molar-refractivity contribution in [2.45, 2.75) is 6.92 Å². The first kappa shape index (κ1) is 10.7. The van der Waals surface area contributed by atoms with E-state index in [0.717, 1.165) is 27.7 Å². The molecule has 0 radical (unpaired) electrons. The molecule has 0 aliphatic heterocycles. The van der Waals surface area contributed by atoms with Crippen LogP contribution in [0.15, 0.2) is 48.8 Å². The number of aromatic nitrogens is 2. The number of phenols is 1. The summed E-state index contributed by atoms with van der Waals surface area (Å²) in [6.07, 6.45) is 3.54. The normalized spacial score (nSPS) is 10.7. The molecule has 88 valence electrons. The lowest BCUT2D eigenvalue weighted by Gasteiger charge is -2.07. The molecule has 1 N–H and O–H groups in total. The van der Waals surface area contributed by atoms with Gasteiger partial charge in [0, 0.05) is 18.0 Å². The minimum absolute atomic E-state index is 0.310. The zero-order valence-corrected chi connectivity index (χ0v) is 9.96. The molecular formula is C15H12N2O. The average Bonchev–Trinajstić information content (AvgIpc) is 2.41. The van der Waals surface area contributed by atoms with Crippen LogP contribution in [0.5, 0.6) is 5.75 Å². The van der Waals surface area contributed by atoms with E-state index in [0.29, 0.717) is 5.75 Å². The topological polar surface area (TPSA) is 46.0 Å². The molecule has 2 heterocycles. The van der Waals surface area contributed by atoms with Crippen LogP contribution in [0.25, 0.3) is 22.2 Å². The second-order valence-corrected chi connectivity index (χ2v) is 4.23. The first-order chi connectivity index (χ1) is 8.75. The zero-order valence-electron chi connectivity index (χ0n) is 9.96. The van der Waals surface area contributed by atoms with Crippen molar-refractivity contribution < 1.29 is 5.11 Å². The van der Waals surface area contributed by atoms with Crippen LogP contribution in [0.2, 0.25) is 0 Å². The second-order valence-electron chi connectivity index (χ2n) is 4.23. The van der Waals surface area contributed by atoms with Gasteiger partial charge in [-0.05, 0) is 48.4 Å². The number of aromatic hydroxyl groups is 1. The molecule has 0 fully saturated rings. The lowest BCUT2D eigenvalue weighted by atomic mass is 10.0. The van der Waals surface area contributed by atoms with Crippen molar-refractivity contribution in [1.82, 2.24) is 9.97 Å². The number of pyridine rings is 2. The van der Waals surface area contributed by atoms with Crippen LogP contribution in [0.3, 0.4) is 0 Å². The smallest absolute Gasteiger partial charge is 0.118 e. The third kappa shape index (κ3) is 1.70. The van der Waals surface area contributed by atoms with Gasteiger partial charge in [0.05, 0.1) is 11.0 Å². The van der Waals surface area contributed by atoms with Crippen LogP contribution < -0.4 is 0 Å². The molecule has 18 heavy (non-hydrogen) atoms. The third-order valence-electron chi connectivity index (χ3n) is 3.00. The number of aryl methyl sites for hydroxylation is 1. The number of benzene rings is 1. The Morgan fingerprint density at radius 2 is 1.89 bits per heavy atom. The minimum atomic E-state index is 0.310. The fraction of sp³-hybridized carbons (Fsp3) is 0.0667. The Morgan fingerprint density at radius 1 is 1.00 bits per heavy atom. The fourth-order valence-corrected chi connectivity index (χ4v) is 2.04. The number of hydrogen-bond donors (Lipinski definition) is 1. The highest BCUT2D eigenvalue weighted by Crippen LogP contribution is 2.29. The summed E-state index contributed by atoms with van der Waals surface area (Å²) in [5.41, 5.74) is 4.68. The minimum Gasteiger partial charge on any atom is -0.508 e. The summed E-state index contributed by atoms with van der Waals surface area (Å²) in [5.74, 6) is 0.310. The first-order valence-corrected chi connectivity index (χ1v) is 5.75. The van der Waals surface area contributed by atoms with Crippen molar-refractivity contribution in [2.24, 2.45) is 0 Å². The molecular weight excluding hydrogens is 224 g/mol. The molecule has 0 spiro atoms. The predicted octanol–water partition coefficient (Wildman–Crippen LogP) is 3.31. The van der Waals surface area contributed by atoms with Gasteiger partial charge in [0.15, 0.2) is 0 Å². The van der Waals surface area contributed by atoms with Crippen LogP contribution in [0.4, 0.5) is 0 Å². The van der Waals surface area contributed by atoms with E-state index in [9.17, 15) is 5.11 Å². The van der Waals surface area contributed by atoms with Gasteiger partial charge in [-0.15, -0.1) is 0 Å². The molecule has 0 unspecified atom stereocenters. The van der Waals surface area contributed by atoms with Crippen LogP contribution >= 0.6 is 0 Å². The van der Waals surface area contributed by atoms with Crippen LogP contribution in [0, 0.1) is 6.92 Å². The SMILES string of the molecule is Cc1cc(-c2ccnc3cccnc23)ccc1O. The molecule has 0 saturated heterocycles. The molecule has 1 aromatic carbocycles. The highest BCUT2D eigenvalue weighted by molar-refractivity contribution is 5.91. The van der Waals surface area contributed by atoms with Crippen LogP contribution in [-0.2, 0) is 0 Å². The maximum atomic E-state index is 9.58. The van der Waals surface area contributed by atoms with E-state index >= 15 is 0 Å². The highest BCUT2D eigenvalue weighted by Gasteiger charge is 2.06. The van der Waals surface area contributed by atoms with Gasteiger partial charge >= 0.3 is 0 Å². The molecule has 0 amide bonds. The first-order valence-electron chi connectivity index (χ1n) is 5.75. The largest absolute Gasteiger partial charge is 0.508 e. The second kappa shape index (κ2) is 4.11. The summed E-state index contributed by atoms with van der Waals surface area (Å²) in [4.78, 5) is 8.68. The van der Waals surface area contributed by atoms with Crippen LogP contribution in [-0.4, -0.2) is 15.1 Å². The van der Waals surface area contributed by atoms with Gasteiger partial charge in [0.2, 0.25) is 0 Å². The van der Waals surface area contributed by atoms with Crippen molar-refractivity contribution in [3.8, 4) is 16.9 Å². The Kier molecular flexibility index (Phi) is 2.45. The molecule has 0 atom stereocenters. The van der Waals surface area contributed by atoms with Gasteiger partial charge in [-0.25, -0.2) is 0 Å². The average molecular weight is 236 g/mol. The quantitative estimate of drug-likeness (QED) is 0.705. The summed E-state index contributed by atoms with van der Waals surface area (Å²) in [5, 5.41) is 9.58. The molecule has 0 aliphatic rings. The lowest BCUT2D eigenvalue weighted by molar-refractivity contribution is 0.471. The number of rotatable bonds is 1. The number of nitrogens with zero attached hydrogens (tertiary/aromatic N) is 2. The molecule has 0 bridgehead atoms. The maximum Gasteiger partial charge on any atom is 0.118 e. The van der Waals surface area contributed by atoms with Gasteiger partial charge in [0.25, 0.3) is 0 Å². The van der Waals surface area contributed by atoms with E-state index in [1.54, 1.807) is 18.5 Å². The molecule has 3 aromatic rings. The number of fused-ring (bicyclic) bond motifs is 1. The Labute approximate surface area is 105 Å². The van der Waals surface area contributed by atoms with Crippen molar-refractivity contribution in [1.29, 1.82) is 0 Å². The maximum absolute atomic E-state index is 9.58. The molecule has 3 heteroatoms. The van der Waals surface area contributed by atoms with Crippen molar-refractivity contribution >= 4 is 11.0 Å². The predicted molar refractivity (Wildman–Crippen MR) is 71.4 cm³/mol. The van der Waals surface area contributed by atoms with E-state index in [4.69, 9.17) is 0 Å². The van der Waals surface area contributed by atoms with Gasteiger partial charge < -0.3 is 5.11 Å². The Hall–Kier alpha value is -2.42. The van der Waals surface area contributed by atoms with Crippen molar-refractivity contribution in [2.75, 3.05) is 0 Å². The lowest BCUT2D eigenvalue weighted by Crippen LogP contribution is -1.87. The summed E-state index contributed by atoms with van der Waals surface area (Å²) in [6, 6.07) is 11.3. The van der Waals surface area contributed by atoms with E-state index < -0.39 is 0 Å². The summed E-state index contributed by atoms with van der Waals surface area (Å²) in [7, 11) is 0. The number of phenolic OH excluding ortho intramolecular Hbond substituents is 1. The van der Waals surface area contributed by atoms with Gasteiger partial charge in [-0.2, -0.15) is 0 Å². The molecule has 3 nitrogen and oxygen atoms in total. The van der Waals surface area contributed by atoms with Gasteiger partial charge in [-0.1, -0.05) is 6.07 Å². The standard InChI is InChI=1S/C15H12N2O/c1-10-9-11(4-5-14(10)18)12-6-8-16-13-3-2-7-17-15(12)13/h2-9,18H,1H3. The highest BCUT2D eigenvalue weighted by atomic mass is 16.3. The Balaban J connectivity index is 2.28. The van der Waals surface area contributed by atoms with Gasteiger partial charge in [0.1, 0.15) is 5.75 Å². The Morgan fingerprint density at radius 3 is 2.72 bits per heavy atom. The van der Waals surface area contributed by atoms with Crippen LogP contribution in [0.1, 0.15) is 5.56 Å². The summed E-state index contributed by atoms with van der Waals surface area (Å²) in [6.45, 7) is 1.88. The van der Waals surface area contributed by atoms with E-state index in [1.165, 1.54) is 0 Å². The van der Waals surface area contributed by atoms with Crippen molar-refractivity contribution in [3.05, 3.63) is 54.4 Å². The molecule has 2 aromatic heterocycles. The fourth-order valence-electron chi connectivity index (χ4n) is 2.04. The number of hydrogen-bond acceptors (Lipinski definition) is 3. The third-order valence-corrected chi connectivity index (χ3v) is 3.00. The summed E-state index contributed by atoms with van der Waals surface area (Å²) >= 11 is 0. The molecule has 3 rings (SSSR count). The van der Waals surface area contributed by atoms with Crippen molar-refractivity contribution in [3.63, 3.8) is 0 Å². The van der Waals surface area contributed by atoms with E-state index in [-0.39, 0.29) is 0 Å². The van der Waals surface area contributed by atoms with E-state index in [1.807, 2.05) is 37.3 Å². The molecule has 0 aliphatic carbocycles.